The number of fused-ring (bicyclic) bond motifs is 3. The van der Waals surface area contributed by atoms with Gasteiger partial charge in [-0.3, -0.25) is 4.79 Å². The van der Waals surface area contributed by atoms with Crippen molar-refractivity contribution in [1.82, 2.24) is 0 Å². The summed E-state index contributed by atoms with van der Waals surface area (Å²) in [5.74, 6) is 0.420. The third-order valence-corrected chi connectivity index (χ3v) is 7.14. The highest BCUT2D eigenvalue weighted by Gasteiger charge is 2.52. The van der Waals surface area contributed by atoms with Gasteiger partial charge in [0.2, 0.25) is 0 Å². The second kappa shape index (κ2) is 9.76. The fraction of sp³-hybridized carbons (Fsp3) is 0.536. The van der Waals surface area contributed by atoms with Crippen molar-refractivity contribution in [2.75, 3.05) is 6.61 Å². The Bertz CT molecular complexity index is 982. The summed E-state index contributed by atoms with van der Waals surface area (Å²) in [7, 11) is 0. The highest BCUT2D eigenvalue weighted by molar-refractivity contribution is 5.71. The summed E-state index contributed by atoms with van der Waals surface area (Å²) < 4.78 is 19.0. The summed E-state index contributed by atoms with van der Waals surface area (Å²) in [5, 5.41) is 10.1. The van der Waals surface area contributed by atoms with Crippen LogP contribution in [0.3, 0.4) is 0 Å². The molecular weight excluding hydrogens is 416 g/mol. The molecule has 2 aromatic carbocycles. The summed E-state index contributed by atoms with van der Waals surface area (Å²) >= 11 is 0. The number of hydrogen-bond acceptors (Lipinski definition) is 4. The normalized spacial score (nSPS) is 25.5. The van der Waals surface area contributed by atoms with Crippen LogP contribution in [0.1, 0.15) is 69.8 Å². The number of benzene rings is 2. The quantitative estimate of drug-likeness (QED) is 0.533. The summed E-state index contributed by atoms with van der Waals surface area (Å²) in [6, 6.07) is 14.3. The Morgan fingerprint density at radius 2 is 1.85 bits per heavy atom. The molecule has 2 heterocycles. The zero-order chi connectivity index (χ0) is 23.6. The van der Waals surface area contributed by atoms with E-state index in [0.29, 0.717) is 25.9 Å². The van der Waals surface area contributed by atoms with Crippen molar-refractivity contribution in [3.63, 3.8) is 0 Å². The standard InChI is InChI=1S/C28H36O5/c1-5-10-19-12-9-13-20-25(19)33-28(3,4)22-17-21(27(29)30)24(32-26(20)22)16-15-18-11-7-8-14-23(18)31-6-2/h7-9,11-14,21-22,24,26H,5-6,10,15-17H2,1-4H3,(H,29,30)/t21-,22+,24+,26-/m1/s1. The van der Waals surface area contributed by atoms with E-state index >= 15 is 0 Å². The van der Waals surface area contributed by atoms with Gasteiger partial charge in [0, 0.05) is 11.5 Å². The lowest BCUT2D eigenvalue weighted by atomic mass is 9.71. The average Bonchev–Trinajstić information content (AvgIpc) is 2.78. The molecule has 0 unspecified atom stereocenters. The molecular formula is C28H36O5. The van der Waals surface area contributed by atoms with Crippen molar-refractivity contribution >= 4 is 5.97 Å². The molecule has 2 aromatic rings. The van der Waals surface area contributed by atoms with Crippen molar-refractivity contribution in [2.45, 2.75) is 77.6 Å². The third kappa shape index (κ3) is 4.74. The van der Waals surface area contributed by atoms with E-state index < -0.39 is 17.5 Å². The van der Waals surface area contributed by atoms with Crippen LogP contribution in [-0.4, -0.2) is 29.4 Å². The van der Waals surface area contributed by atoms with E-state index in [-0.39, 0.29) is 18.1 Å². The molecule has 0 bridgehead atoms. The molecule has 178 valence electrons. The number of ether oxygens (including phenoxy) is 3. The molecule has 0 radical (unpaired) electrons. The second-order valence-electron chi connectivity index (χ2n) is 9.75. The minimum Gasteiger partial charge on any atom is -0.494 e. The maximum atomic E-state index is 12.3. The van der Waals surface area contributed by atoms with Gasteiger partial charge in [0.1, 0.15) is 17.1 Å². The van der Waals surface area contributed by atoms with Crippen LogP contribution in [0.5, 0.6) is 11.5 Å². The van der Waals surface area contributed by atoms with Gasteiger partial charge >= 0.3 is 5.97 Å². The average molecular weight is 453 g/mol. The lowest BCUT2D eigenvalue weighted by Crippen LogP contribution is -2.52. The first-order valence-electron chi connectivity index (χ1n) is 12.3. The second-order valence-corrected chi connectivity index (χ2v) is 9.75. The number of carbonyl (C=O) groups is 1. The molecule has 0 spiro atoms. The summed E-state index contributed by atoms with van der Waals surface area (Å²) in [5.41, 5.74) is 2.86. The third-order valence-electron chi connectivity index (χ3n) is 7.14. The van der Waals surface area contributed by atoms with E-state index in [1.807, 2.05) is 25.1 Å². The first-order chi connectivity index (χ1) is 15.9. The van der Waals surface area contributed by atoms with E-state index in [9.17, 15) is 9.90 Å². The van der Waals surface area contributed by atoms with Crippen LogP contribution in [0.15, 0.2) is 42.5 Å². The zero-order valence-electron chi connectivity index (χ0n) is 20.2. The highest BCUT2D eigenvalue weighted by Crippen LogP contribution is 2.53. The SMILES string of the molecule is CCCc1cccc2c1OC(C)(C)[C@H]1C[C@@H](C(=O)O)[C@H](CCc3ccccc3OCC)O[C@H]21. The maximum absolute atomic E-state index is 12.3. The van der Waals surface area contributed by atoms with Crippen LogP contribution in [0.2, 0.25) is 0 Å². The predicted molar refractivity (Wildman–Crippen MR) is 128 cm³/mol. The van der Waals surface area contributed by atoms with Gasteiger partial charge in [0.25, 0.3) is 0 Å². The Morgan fingerprint density at radius 3 is 2.58 bits per heavy atom. The maximum Gasteiger partial charge on any atom is 0.309 e. The molecule has 4 atom stereocenters. The van der Waals surface area contributed by atoms with Gasteiger partial charge in [0.05, 0.1) is 24.7 Å². The highest BCUT2D eigenvalue weighted by atomic mass is 16.5. The molecule has 0 amide bonds. The monoisotopic (exact) mass is 452 g/mol. The van der Waals surface area contributed by atoms with Crippen LogP contribution in [-0.2, 0) is 22.4 Å². The molecule has 2 aliphatic heterocycles. The van der Waals surface area contributed by atoms with Crippen molar-refractivity contribution in [3.05, 3.63) is 59.2 Å². The van der Waals surface area contributed by atoms with Gasteiger partial charge in [-0.05, 0) is 63.6 Å². The minimum absolute atomic E-state index is 0.0186. The number of aryl methyl sites for hydroxylation is 2. The molecule has 0 aliphatic carbocycles. The smallest absolute Gasteiger partial charge is 0.309 e. The molecule has 5 heteroatoms. The molecule has 2 aliphatic rings. The number of carboxylic acids is 1. The van der Waals surface area contributed by atoms with Crippen LogP contribution < -0.4 is 9.47 Å². The Hall–Kier alpha value is -2.53. The summed E-state index contributed by atoms with van der Waals surface area (Å²) in [4.78, 5) is 12.3. The van der Waals surface area contributed by atoms with E-state index in [1.54, 1.807) is 0 Å². The Balaban J connectivity index is 1.63. The van der Waals surface area contributed by atoms with Crippen LogP contribution >= 0.6 is 0 Å². The Labute approximate surface area is 197 Å². The first-order valence-corrected chi connectivity index (χ1v) is 12.3. The predicted octanol–water partition coefficient (Wildman–Crippen LogP) is 5.99. The molecule has 4 rings (SSSR count). The lowest BCUT2D eigenvalue weighted by molar-refractivity contribution is -0.188. The summed E-state index contributed by atoms with van der Waals surface area (Å²) in [6.45, 7) is 8.87. The minimum atomic E-state index is -0.794. The largest absolute Gasteiger partial charge is 0.494 e. The number of hydrogen-bond donors (Lipinski definition) is 1. The number of aliphatic carboxylic acids is 1. The Morgan fingerprint density at radius 1 is 1.09 bits per heavy atom. The fourth-order valence-electron chi connectivity index (χ4n) is 5.46. The van der Waals surface area contributed by atoms with E-state index in [0.717, 1.165) is 35.5 Å². The zero-order valence-corrected chi connectivity index (χ0v) is 20.2. The van der Waals surface area contributed by atoms with Gasteiger partial charge in [-0.1, -0.05) is 49.7 Å². The van der Waals surface area contributed by atoms with Gasteiger partial charge in [0.15, 0.2) is 0 Å². The van der Waals surface area contributed by atoms with Crippen molar-refractivity contribution < 1.29 is 24.1 Å². The van der Waals surface area contributed by atoms with Crippen LogP contribution in [0.25, 0.3) is 0 Å². The van der Waals surface area contributed by atoms with Crippen molar-refractivity contribution in [3.8, 4) is 11.5 Å². The number of rotatable bonds is 8. The van der Waals surface area contributed by atoms with Gasteiger partial charge in [-0.15, -0.1) is 0 Å². The molecule has 1 saturated heterocycles. The number of para-hydroxylation sites is 2. The van der Waals surface area contributed by atoms with Crippen molar-refractivity contribution in [2.24, 2.45) is 11.8 Å². The van der Waals surface area contributed by atoms with Gasteiger partial charge < -0.3 is 19.3 Å². The van der Waals surface area contributed by atoms with Crippen LogP contribution in [0, 0.1) is 11.8 Å². The molecule has 33 heavy (non-hydrogen) atoms. The molecule has 1 fully saturated rings. The first kappa shape index (κ1) is 23.6. The van der Waals surface area contributed by atoms with Gasteiger partial charge in [-0.25, -0.2) is 0 Å². The lowest BCUT2D eigenvalue weighted by Gasteiger charge is -2.50. The molecule has 5 nitrogen and oxygen atoms in total. The molecule has 0 aromatic heterocycles. The van der Waals surface area contributed by atoms with Gasteiger partial charge in [-0.2, -0.15) is 0 Å². The topological polar surface area (TPSA) is 65.0 Å². The van der Waals surface area contributed by atoms with Crippen LogP contribution in [0.4, 0.5) is 0 Å². The van der Waals surface area contributed by atoms with E-state index in [4.69, 9.17) is 14.2 Å². The van der Waals surface area contributed by atoms with E-state index in [1.165, 1.54) is 5.56 Å². The molecule has 1 N–H and O–H groups in total. The van der Waals surface area contributed by atoms with Crippen molar-refractivity contribution in [1.29, 1.82) is 0 Å². The molecule has 0 saturated carbocycles. The number of carboxylic acid groups (broad SMARTS) is 1. The van der Waals surface area contributed by atoms with E-state index in [2.05, 4.69) is 45.0 Å². The Kier molecular flexibility index (Phi) is 6.99. The fourth-order valence-corrected chi connectivity index (χ4v) is 5.46. The summed E-state index contributed by atoms with van der Waals surface area (Å²) in [6.07, 6.45) is 3.35.